The van der Waals surface area contributed by atoms with E-state index in [4.69, 9.17) is 14.2 Å². The summed E-state index contributed by atoms with van der Waals surface area (Å²) in [6.45, 7) is 6.65. The quantitative estimate of drug-likeness (QED) is 0.169. The van der Waals surface area contributed by atoms with Crippen LogP contribution < -0.4 is 0 Å². The third kappa shape index (κ3) is 9.94. The summed E-state index contributed by atoms with van der Waals surface area (Å²) in [5.74, 6) is -0.177. The molecule has 32 heavy (non-hydrogen) atoms. The topological polar surface area (TPSA) is 65.1 Å². The molecule has 1 amide bonds. The lowest BCUT2D eigenvalue weighted by atomic mass is 10.1. The Hall–Kier alpha value is -2.22. The normalized spacial score (nSPS) is 12.2. The first-order valence-corrected chi connectivity index (χ1v) is 11.7. The molecule has 0 bridgehead atoms. The molecule has 0 aromatic heterocycles. The van der Waals surface area contributed by atoms with E-state index in [1.807, 2.05) is 36.4 Å². The third-order valence-electron chi connectivity index (χ3n) is 4.41. The van der Waals surface area contributed by atoms with E-state index in [2.05, 4.69) is 15.9 Å². The number of Topliss-reactive ketones (excluding diaryl/α,β-unsaturated/α-hetero) is 1. The summed E-state index contributed by atoms with van der Waals surface area (Å²) in [5.41, 5.74) is 0.974. The molecule has 0 heterocycles. The van der Waals surface area contributed by atoms with Crippen molar-refractivity contribution < 1.29 is 23.8 Å². The number of carbonyl (C=O) groups is 2. The molecule has 0 saturated heterocycles. The van der Waals surface area contributed by atoms with Gasteiger partial charge in [0.15, 0.2) is 5.78 Å². The zero-order chi connectivity index (χ0) is 23.4. The number of hydrogen-bond acceptors (Lipinski definition) is 5. The van der Waals surface area contributed by atoms with E-state index in [0.29, 0.717) is 30.7 Å². The Labute approximate surface area is 199 Å². The van der Waals surface area contributed by atoms with E-state index in [1.165, 1.54) is 4.90 Å². The highest BCUT2D eigenvalue weighted by molar-refractivity contribution is 9.09. The second-order valence-corrected chi connectivity index (χ2v) is 9.14. The van der Waals surface area contributed by atoms with E-state index in [-0.39, 0.29) is 25.0 Å². The molecule has 1 atom stereocenters. The van der Waals surface area contributed by atoms with E-state index in [0.717, 1.165) is 5.56 Å². The highest BCUT2D eigenvalue weighted by Crippen LogP contribution is 2.14. The second kappa shape index (κ2) is 13.4. The highest BCUT2D eigenvalue weighted by Gasteiger charge is 2.26. The molecule has 0 aliphatic rings. The van der Waals surface area contributed by atoms with Crippen LogP contribution in [0.4, 0.5) is 4.79 Å². The number of nitrogens with zero attached hydrogens (tertiary/aromatic N) is 1. The largest absolute Gasteiger partial charge is 0.444 e. The molecular weight excluding hydrogens is 474 g/mol. The van der Waals surface area contributed by atoms with Crippen molar-refractivity contribution in [2.24, 2.45) is 5.92 Å². The van der Waals surface area contributed by atoms with Gasteiger partial charge in [-0.15, -0.1) is 0 Å². The number of carbonyl (C=O) groups excluding carboxylic acids is 2. The molecule has 0 saturated carbocycles. The molecule has 1 unspecified atom stereocenters. The molecule has 2 rings (SSSR count). The second-order valence-electron chi connectivity index (χ2n) is 8.49. The molecule has 7 heteroatoms. The van der Waals surface area contributed by atoms with Gasteiger partial charge >= 0.3 is 6.09 Å². The molecule has 0 spiro atoms. The maximum atomic E-state index is 12.8. The van der Waals surface area contributed by atoms with E-state index in [9.17, 15) is 9.59 Å². The SMILES string of the molecule is CC(C)(C)OC(=O)N(CC(=O)c1ccccc1)CC(CBr)COCOCc1ccccc1. The Bertz CT molecular complexity index is 823. The van der Waals surface area contributed by atoms with Crippen LogP contribution in [0.3, 0.4) is 0 Å². The first kappa shape index (κ1) is 26.0. The van der Waals surface area contributed by atoms with Gasteiger partial charge in [0.1, 0.15) is 12.4 Å². The third-order valence-corrected chi connectivity index (χ3v) is 5.33. The smallest absolute Gasteiger partial charge is 0.410 e. The number of alkyl halides is 1. The predicted molar refractivity (Wildman–Crippen MR) is 128 cm³/mol. The number of rotatable bonds is 12. The molecule has 0 N–H and O–H groups in total. The van der Waals surface area contributed by atoms with Gasteiger partial charge in [0.2, 0.25) is 0 Å². The summed E-state index contributed by atoms with van der Waals surface area (Å²) < 4.78 is 16.8. The van der Waals surface area contributed by atoms with Gasteiger partial charge in [0.05, 0.1) is 19.8 Å². The molecule has 0 aliphatic carbocycles. The number of ketones is 1. The monoisotopic (exact) mass is 505 g/mol. The lowest BCUT2D eigenvalue weighted by Crippen LogP contribution is -2.43. The van der Waals surface area contributed by atoms with Crippen LogP contribution >= 0.6 is 15.9 Å². The zero-order valence-electron chi connectivity index (χ0n) is 19.0. The van der Waals surface area contributed by atoms with Crippen molar-refractivity contribution in [2.75, 3.05) is 31.8 Å². The fraction of sp³-hybridized carbons (Fsp3) is 0.440. The van der Waals surface area contributed by atoms with Crippen LogP contribution in [0.2, 0.25) is 0 Å². The van der Waals surface area contributed by atoms with Crippen molar-refractivity contribution in [3.8, 4) is 0 Å². The number of amides is 1. The van der Waals surface area contributed by atoms with Gasteiger partial charge < -0.3 is 19.1 Å². The lowest BCUT2D eigenvalue weighted by molar-refractivity contribution is -0.0718. The fourth-order valence-electron chi connectivity index (χ4n) is 2.88. The van der Waals surface area contributed by atoms with Crippen molar-refractivity contribution in [3.05, 3.63) is 71.8 Å². The lowest BCUT2D eigenvalue weighted by Gasteiger charge is -2.29. The highest BCUT2D eigenvalue weighted by atomic mass is 79.9. The van der Waals surface area contributed by atoms with Crippen molar-refractivity contribution in [3.63, 3.8) is 0 Å². The molecular formula is C25H32BrNO5. The maximum Gasteiger partial charge on any atom is 0.410 e. The summed E-state index contributed by atoms with van der Waals surface area (Å²) in [5, 5.41) is 0.602. The van der Waals surface area contributed by atoms with Crippen LogP contribution in [-0.2, 0) is 20.8 Å². The van der Waals surface area contributed by atoms with Crippen molar-refractivity contribution >= 4 is 27.8 Å². The summed E-state index contributed by atoms with van der Waals surface area (Å²) in [6, 6.07) is 18.8. The number of benzene rings is 2. The van der Waals surface area contributed by atoms with Crippen LogP contribution in [0.25, 0.3) is 0 Å². The Kier molecular flexibility index (Phi) is 10.9. The van der Waals surface area contributed by atoms with Crippen molar-refractivity contribution in [1.82, 2.24) is 4.90 Å². The summed E-state index contributed by atoms with van der Waals surface area (Å²) >= 11 is 3.49. The van der Waals surface area contributed by atoms with E-state index < -0.39 is 11.7 Å². The van der Waals surface area contributed by atoms with Gasteiger partial charge in [-0.3, -0.25) is 4.79 Å². The first-order chi connectivity index (χ1) is 15.3. The van der Waals surface area contributed by atoms with Gasteiger partial charge in [-0.25, -0.2) is 4.79 Å². The van der Waals surface area contributed by atoms with Gasteiger partial charge in [-0.05, 0) is 26.3 Å². The molecule has 2 aromatic rings. The molecule has 174 valence electrons. The molecule has 0 radical (unpaired) electrons. The average Bonchev–Trinajstić information content (AvgIpc) is 2.77. The van der Waals surface area contributed by atoms with Crippen LogP contribution in [0.1, 0.15) is 36.7 Å². The van der Waals surface area contributed by atoms with Crippen LogP contribution in [-0.4, -0.2) is 54.2 Å². The Morgan fingerprint density at radius 1 is 0.969 bits per heavy atom. The Morgan fingerprint density at radius 2 is 1.59 bits per heavy atom. The Balaban J connectivity index is 1.91. The van der Waals surface area contributed by atoms with Crippen LogP contribution in [0, 0.1) is 5.92 Å². The van der Waals surface area contributed by atoms with Gasteiger partial charge in [0.25, 0.3) is 0 Å². The minimum absolute atomic E-state index is 0.0357. The Morgan fingerprint density at radius 3 is 2.19 bits per heavy atom. The number of ether oxygens (including phenoxy) is 3. The molecule has 0 fully saturated rings. The minimum atomic E-state index is -0.656. The zero-order valence-corrected chi connectivity index (χ0v) is 20.5. The molecule has 2 aromatic carbocycles. The van der Waals surface area contributed by atoms with E-state index >= 15 is 0 Å². The van der Waals surface area contributed by atoms with Gasteiger partial charge in [-0.2, -0.15) is 0 Å². The van der Waals surface area contributed by atoms with Gasteiger partial charge in [0, 0.05) is 23.4 Å². The number of hydrogen-bond donors (Lipinski definition) is 0. The maximum absolute atomic E-state index is 12.8. The average molecular weight is 506 g/mol. The van der Waals surface area contributed by atoms with Crippen molar-refractivity contribution in [2.45, 2.75) is 33.0 Å². The molecule has 6 nitrogen and oxygen atoms in total. The number of halogens is 1. The van der Waals surface area contributed by atoms with Crippen molar-refractivity contribution in [1.29, 1.82) is 0 Å². The molecule has 0 aliphatic heterocycles. The summed E-state index contributed by atoms with van der Waals surface area (Å²) in [4.78, 5) is 26.9. The van der Waals surface area contributed by atoms with Crippen LogP contribution in [0.15, 0.2) is 60.7 Å². The van der Waals surface area contributed by atoms with E-state index in [1.54, 1.807) is 45.0 Å². The summed E-state index contributed by atoms with van der Waals surface area (Å²) in [7, 11) is 0. The predicted octanol–water partition coefficient (Wildman–Crippen LogP) is 5.31. The standard InChI is InChI=1S/C25H32BrNO5/c1-25(2,3)32-24(29)27(16-23(28)22-12-8-5-9-13-22)15-21(14-26)18-31-19-30-17-20-10-6-4-7-11-20/h4-13,21H,14-19H2,1-3H3. The first-order valence-electron chi connectivity index (χ1n) is 10.6. The van der Waals surface area contributed by atoms with Crippen LogP contribution in [0.5, 0.6) is 0 Å². The summed E-state index contributed by atoms with van der Waals surface area (Å²) in [6.07, 6.45) is -0.520. The van der Waals surface area contributed by atoms with Gasteiger partial charge in [-0.1, -0.05) is 76.6 Å². The fourth-order valence-corrected chi connectivity index (χ4v) is 3.28. The minimum Gasteiger partial charge on any atom is -0.444 e.